The van der Waals surface area contributed by atoms with Gasteiger partial charge in [-0.3, -0.25) is 4.79 Å². The topological polar surface area (TPSA) is 20.3 Å². The predicted octanol–water partition coefficient (Wildman–Crippen LogP) is 2.79. The van der Waals surface area contributed by atoms with Gasteiger partial charge in [0.2, 0.25) is 5.91 Å². The summed E-state index contributed by atoms with van der Waals surface area (Å²) in [7, 11) is 1.63. The third-order valence-corrected chi connectivity index (χ3v) is 2.82. The molecule has 0 atom stereocenters. The van der Waals surface area contributed by atoms with Gasteiger partial charge in [-0.05, 0) is 33.6 Å². The Labute approximate surface area is 101 Å². The third kappa shape index (κ3) is 3.47. The summed E-state index contributed by atoms with van der Waals surface area (Å²) in [6, 6.07) is 4.76. The molecule has 15 heavy (non-hydrogen) atoms. The van der Waals surface area contributed by atoms with Crippen LogP contribution in [0.5, 0.6) is 0 Å². The molecule has 1 amide bonds. The smallest absolute Gasteiger partial charge is 0.237 e. The van der Waals surface area contributed by atoms with Crippen LogP contribution in [0.3, 0.4) is 0 Å². The number of carbonyl (C=O) groups is 1. The molecular weight excluding hydrogens is 284 g/mol. The van der Waals surface area contributed by atoms with Crippen molar-refractivity contribution in [3.05, 3.63) is 34.1 Å². The summed E-state index contributed by atoms with van der Waals surface area (Å²) in [5.74, 6) is -0.575. The van der Waals surface area contributed by atoms with E-state index in [1.54, 1.807) is 19.2 Å². The lowest BCUT2D eigenvalue weighted by atomic mass is 10.2. The molecule has 82 valence electrons. The minimum Gasteiger partial charge on any atom is -0.340 e. The SMILES string of the molecule is CN(Cc1ccc(Br)c(F)c1)C(=O)CCl. The standard InChI is InChI=1S/C10H10BrClFNO/c1-14(10(15)5-12)6-7-2-3-8(11)9(13)4-7/h2-4H,5-6H2,1H3. The van der Waals surface area contributed by atoms with Gasteiger partial charge in [0.25, 0.3) is 0 Å². The van der Waals surface area contributed by atoms with Crippen molar-refractivity contribution in [1.82, 2.24) is 4.90 Å². The molecular formula is C10H10BrClFNO. The monoisotopic (exact) mass is 293 g/mol. The van der Waals surface area contributed by atoms with E-state index < -0.39 is 0 Å². The highest BCUT2D eigenvalue weighted by atomic mass is 79.9. The minimum atomic E-state index is -0.334. The van der Waals surface area contributed by atoms with Crippen molar-refractivity contribution >= 4 is 33.4 Å². The van der Waals surface area contributed by atoms with Crippen molar-refractivity contribution in [3.8, 4) is 0 Å². The molecule has 1 aromatic carbocycles. The maximum atomic E-state index is 13.1. The fourth-order valence-corrected chi connectivity index (χ4v) is 1.55. The zero-order chi connectivity index (χ0) is 11.4. The number of hydrogen-bond donors (Lipinski definition) is 0. The number of alkyl halides is 1. The first-order chi connectivity index (χ1) is 7.04. The summed E-state index contributed by atoms with van der Waals surface area (Å²) in [4.78, 5) is 12.6. The Balaban J connectivity index is 2.73. The van der Waals surface area contributed by atoms with Gasteiger partial charge >= 0.3 is 0 Å². The Bertz CT molecular complexity index is 372. The summed E-state index contributed by atoms with van der Waals surface area (Å²) in [5, 5.41) is 0. The van der Waals surface area contributed by atoms with Crippen LogP contribution in [0.25, 0.3) is 0 Å². The van der Waals surface area contributed by atoms with E-state index in [9.17, 15) is 9.18 Å². The Morgan fingerprint density at radius 1 is 1.60 bits per heavy atom. The lowest BCUT2D eigenvalue weighted by Gasteiger charge is -2.15. The molecule has 0 aromatic heterocycles. The molecule has 0 aliphatic carbocycles. The van der Waals surface area contributed by atoms with Crippen molar-refractivity contribution in [2.24, 2.45) is 0 Å². The molecule has 0 unspecified atom stereocenters. The lowest BCUT2D eigenvalue weighted by molar-refractivity contribution is -0.127. The molecule has 0 spiro atoms. The fourth-order valence-electron chi connectivity index (χ4n) is 1.10. The molecule has 1 rings (SSSR count). The molecule has 0 bridgehead atoms. The Morgan fingerprint density at radius 2 is 2.27 bits per heavy atom. The molecule has 0 saturated carbocycles. The Hall–Kier alpha value is -0.610. The van der Waals surface area contributed by atoms with Gasteiger partial charge in [-0.25, -0.2) is 4.39 Å². The molecule has 0 fully saturated rings. The van der Waals surface area contributed by atoms with Gasteiger partial charge in [-0.15, -0.1) is 11.6 Å². The molecule has 1 aromatic rings. The first-order valence-corrected chi connectivity index (χ1v) is 5.61. The van der Waals surface area contributed by atoms with E-state index in [0.717, 1.165) is 5.56 Å². The third-order valence-electron chi connectivity index (χ3n) is 1.94. The van der Waals surface area contributed by atoms with Crippen LogP contribution in [0.2, 0.25) is 0 Å². The second-order valence-electron chi connectivity index (χ2n) is 3.13. The highest BCUT2D eigenvalue weighted by Crippen LogP contribution is 2.17. The largest absolute Gasteiger partial charge is 0.340 e. The molecule has 0 aliphatic heterocycles. The number of hydrogen-bond acceptors (Lipinski definition) is 1. The van der Waals surface area contributed by atoms with Crippen LogP contribution in [-0.4, -0.2) is 23.7 Å². The van der Waals surface area contributed by atoms with Crippen LogP contribution in [0, 0.1) is 5.82 Å². The first-order valence-electron chi connectivity index (χ1n) is 4.28. The Kier molecular flexibility index (Phi) is 4.54. The molecule has 0 radical (unpaired) electrons. The molecule has 0 saturated heterocycles. The van der Waals surface area contributed by atoms with Crippen molar-refractivity contribution in [1.29, 1.82) is 0 Å². The van der Waals surface area contributed by atoms with Crippen molar-refractivity contribution < 1.29 is 9.18 Å². The molecule has 0 aliphatic rings. The Morgan fingerprint density at radius 3 is 2.80 bits per heavy atom. The number of benzene rings is 1. The van der Waals surface area contributed by atoms with E-state index >= 15 is 0 Å². The van der Waals surface area contributed by atoms with E-state index in [2.05, 4.69) is 15.9 Å². The first kappa shape index (κ1) is 12.5. The van der Waals surface area contributed by atoms with E-state index in [4.69, 9.17) is 11.6 Å². The second-order valence-corrected chi connectivity index (χ2v) is 4.25. The number of rotatable bonds is 3. The van der Waals surface area contributed by atoms with Crippen LogP contribution in [0.15, 0.2) is 22.7 Å². The van der Waals surface area contributed by atoms with Gasteiger partial charge < -0.3 is 4.90 Å². The predicted molar refractivity (Wildman–Crippen MR) is 61.3 cm³/mol. The van der Waals surface area contributed by atoms with Gasteiger partial charge in [0.1, 0.15) is 11.7 Å². The zero-order valence-corrected chi connectivity index (χ0v) is 10.5. The lowest BCUT2D eigenvalue weighted by Crippen LogP contribution is -2.27. The molecule has 5 heteroatoms. The summed E-state index contributed by atoms with van der Waals surface area (Å²) < 4.78 is 13.6. The quantitative estimate of drug-likeness (QED) is 0.785. The number of carbonyl (C=O) groups excluding carboxylic acids is 1. The van der Waals surface area contributed by atoms with Gasteiger partial charge in [0, 0.05) is 13.6 Å². The number of halogens is 3. The van der Waals surface area contributed by atoms with Gasteiger partial charge in [0.05, 0.1) is 4.47 Å². The van der Waals surface area contributed by atoms with Crippen LogP contribution in [-0.2, 0) is 11.3 Å². The number of amides is 1. The average Bonchev–Trinajstić information content (AvgIpc) is 2.22. The highest BCUT2D eigenvalue weighted by Gasteiger charge is 2.08. The molecule has 0 heterocycles. The van der Waals surface area contributed by atoms with Crippen LogP contribution >= 0.6 is 27.5 Å². The van der Waals surface area contributed by atoms with Crippen molar-refractivity contribution in [3.63, 3.8) is 0 Å². The molecule has 2 nitrogen and oxygen atoms in total. The minimum absolute atomic E-state index is 0.0600. The van der Waals surface area contributed by atoms with Gasteiger partial charge in [-0.2, -0.15) is 0 Å². The van der Waals surface area contributed by atoms with Crippen LogP contribution < -0.4 is 0 Å². The van der Waals surface area contributed by atoms with E-state index in [1.807, 2.05) is 0 Å². The zero-order valence-electron chi connectivity index (χ0n) is 8.14. The maximum Gasteiger partial charge on any atom is 0.237 e. The molecule has 0 N–H and O–H groups in total. The van der Waals surface area contributed by atoms with E-state index in [1.165, 1.54) is 11.0 Å². The normalized spacial score (nSPS) is 10.1. The second kappa shape index (κ2) is 5.47. The summed E-state index contributed by atoms with van der Waals surface area (Å²) in [5.41, 5.74) is 0.733. The fraction of sp³-hybridized carbons (Fsp3) is 0.300. The van der Waals surface area contributed by atoms with E-state index in [0.29, 0.717) is 11.0 Å². The summed E-state index contributed by atoms with van der Waals surface area (Å²) in [6.45, 7) is 0.357. The van der Waals surface area contributed by atoms with Crippen molar-refractivity contribution in [2.45, 2.75) is 6.54 Å². The summed E-state index contributed by atoms with van der Waals surface area (Å²) >= 11 is 8.46. The van der Waals surface area contributed by atoms with Gasteiger partial charge in [-0.1, -0.05) is 6.07 Å². The highest BCUT2D eigenvalue weighted by molar-refractivity contribution is 9.10. The number of nitrogens with zero attached hydrogens (tertiary/aromatic N) is 1. The average molecular weight is 295 g/mol. The summed E-state index contributed by atoms with van der Waals surface area (Å²) in [6.07, 6.45) is 0. The van der Waals surface area contributed by atoms with Crippen molar-refractivity contribution in [2.75, 3.05) is 12.9 Å². The van der Waals surface area contributed by atoms with Gasteiger partial charge in [0.15, 0.2) is 0 Å². The van der Waals surface area contributed by atoms with Crippen LogP contribution in [0.4, 0.5) is 4.39 Å². The van der Waals surface area contributed by atoms with E-state index in [-0.39, 0.29) is 17.6 Å². The maximum absolute atomic E-state index is 13.1. The van der Waals surface area contributed by atoms with Crippen LogP contribution in [0.1, 0.15) is 5.56 Å².